The molecule has 1 atom stereocenters. The van der Waals surface area contributed by atoms with Crippen molar-refractivity contribution < 1.29 is 14.6 Å². The zero-order valence-electron chi connectivity index (χ0n) is 11.3. The van der Waals surface area contributed by atoms with Gasteiger partial charge in [-0.15, -0.1) is 0 Å². The van der Waals surface area contributed by atoms with Gasteiger partial charge in [0, 0.05) is 17.5 Å². The highest BCUT2D eigenvalue weighted by molar-refractivity contribution is 5.77. The maximum atomic E-state index is 11.8. The van der Waals surface area contributed by atoms with Gasteiger partial charge in [-0.2, -0.15) is 0 Å². The largest absolute Gasteiger partial charge is 0.464 e. The standard InChI is InChI=1S/C14H16N2O4/c1-3-20-13(18)12(17)10-6-4-5-7-11(10)16-9(2)8-15-14(16)19/h4-8,12,17H,3H2,1-2H3,(H,15,19). The van der Waals surface area contributed by atoms with Crippen molar-refractivity contribution in [2.45, 2.75) is 20.0 Å². The van der Waals surface area contributed by atoms with Gasteiger partial charge < -0.3 is 14.8 Å². The molecule has 1 unspecified atom stereocenters. The number of ether oxygens (including phenoxy) is 1. The van der Waals surface area contributed by atoms with Gasteiger partial charge in [-0.1, -0.05) is 18.2 Å². The maximum Gasteiger partial charge on any atom is 0.339 e. The number of carbonyl (C=O) groups excluding carboxylic acids is 1. The predicted octanol–water partition coefficient (Wildman–Crippen LogP) is 1.07. The molecule has 0 aliphatic rings. The topological polar surface area (TPSA) is 84.3 Å². The van der Waals surface area contributed by atoms with Crippen molar-refractivity contribution in [3.05, 3.63) is 52.2 Å². The van der Waals surface area contributed by atoms with Crippen LogP contribution in [0.2, 0.25) is 0 Å². The molecule has 1 aromatic heterocycles. The van der Waals surface area contributed by atoms with Crippen LogP contribution in [0.1, 0.15) is 24.3 Å². The number of H-pyrrole nitrogens is 1. The second-order valence-electron chi connectivity index (χ2n) is 4.28. The number of imidazole rings is 1. The summed E-state index contributed by atoms with van der Waals surface area (Å²) < 4.78 is 6.21. The minimum absolute atomic E-state index is 0.182. The summed E-state index contributed by atoms with van der Waals surface area (Å²) in [4.78, 5) is 26.1. The van der Waals surface area contributed by atoms with Crippen LogP contribution in [0.5, 0.6) is 0 Å². The Labute approximate surface area is 115 Å². The quantitative estimate of drug-likeness (QED) is 0.818. The molecular weight excluding hydrogens is 260 g/mol. The molecule has 0 amide bonds. The lowest BCUT2D eigenvalue weighted by molar-refractivity contribution is -0.153. The second kappa shape index (κ2) is 5.75. The number of aliphatic hydroxyl groups is 1. The number of nitrogens with one attached hydrogen (secondary N) is 1. The van der Waals surface area contributed by atoms with Crippen molar-refractivity contribution in [3.8, 4) is 5.69 Å². The summed E-state index contributed by atoms with van der Waals surface area (Å²) in [5.41, 5.74) is 1.14. The molecule has 6 heteroatoms. The van der Waals surface area contributed by atoms with Crippen LogP contribution >= 0.6 is 0 Å². The van der Waals surface area contributed by atoms with Crippen molar-refractivity contribution >= 4 is 5.97 Å². The SMILES string of the molecule is CCOC(=O)C(O)c1ccccc1-n1c(C)c[nH]c1=O. The van der Waals surface area contributed by atoms with E-state index in [2.05, 4.69) is 4.98 Å². The lowest BCUT2D eigenvalue weighted by Crippen LogP contribution is -2.21. The molecule has 0 aliphatic heterocycles. The number of hydrogen-bond acceptors (Lipinski definition) is 4. The number of aromatic nitrogens is 2. The highest BCUT2D eigenvalue weighted by Gasteiger charge is 2.23. The zero-order chi connectivity index (χ0) is 14.7. The van der Waals surface area contributed by atoms with E-state index >= 15 is 0 Å². The Hall–Kier alpha value is -2.34. The number of aromatic amines is 1. The van der Waals surface area contributed by atoms with Gasteiger partial charge in [-0.25, -0.2) is 9.59 Å². The number of carbonyl (C=O) groups is 1. The van der Waals surface area contributed by atoms with Gasteiger partial charge in [0.1, 0.15) is 0 Å². The molecule has 0 spiro atoms. The van der Waals surface area contributed by atoms with E-state index in [4.69, 9.17) is 4.74 Å². The van der Waals surface area contributed by atoms with Gasteiger partial charge in [0.25, 0.3) is 0 Å². The number of aryl methyl sites for hydroxylation is 1. The lowest BCUT2D eigenvalue weighted by atomic mass is 10.1. The molecule has 106 valence electrons. The molecule has 0 aliphatic carbocycles. The van der Waals surface area contributed by atoms with E-state index in [0.717, 1.165) is 0 Å². The Morgan fingerprint density at radius 2 is 2.15 bits per heavy atom. The van der Waals surface area contributed by atoms with Crippen molar-refractivity contribution in [1.29, 1.82) is 0 Å². The summed E-state index contributed by atoms with van der Waals surface area (Å²) in [6.45, 7) is 3.60. The molecule has 1 aromatic carbocycles. The molecule has 0 saturated heterocycles. The maximum absolute atomic E-state index is 11.8. The predicted molar refractivity (Wildman–Crippen MR) is 72.7 cm³/mol. The van der Waals surface area contributed by atoms with Crippen LogP contribution in [0.3, 0.4) is 0 Å². The highest BCUT2D eigenvalue weighted by atomic mass is 16.5. The van der Waals surface area contributed by atoms with Crippen molar-refractivity contribution in [2.24, 2.45) is 0 Å². The summed E-state index contributed by atoms with van der Waals surface area (Å²) in [6, 6.07) is 6.68. The molecule has 2 N–H and O–H groups in total. The first-order chi connectivity index (χ1) is 9.56. The number of aliphatic hydroxyl groups excluding tert-OH is 1. The van der Waals surface area contributed by atoms with Crippen LogP contribution in [-0.4, -0.2) is 27.2 Å². The van der Waals surface area contributed by atoms with E-state index in [1.54, 1.807) is 44.3 Å². The highest BCUT2D eigenvalue weighted by Crippen LogP contribution is 2.22. The fraction of sp³-hybridized carbons (Fsp3) is 0.286. The number of benzene rings is 1. The summed E-state index contributed by atoms with van der Waals surface area (Å²) in [5, 5.41) is 10.1. The van der Waals surface area contributed by atoms with E-state index < -0.39 is 12.1 Å². The van der Waals surface area contributed by atoms with E-state index in [1.165, 1.54) is 4.57 Å². The number of rotatable bonds is 4. The molecule has 0 radical (unpaired) electrons. The summed E-state index contributed by atoms with van der Waals surface area (Å²) >= 11 is 0. The first-order valence-corrected chi connectivity index (χ1v) is 6.27. The van der Waals surface area contributed by atoms with E-state index in [0.29, 0.717) is 16.9 Å². The third-order valence-electron chi connectivity index (χ3n) is 2.94. The number of nitrogens with zero attached hydrogens (tertiary/aromatic N) is 1. The van der Waals surface area contributed by atoms with Crippen LogP contribution in [0, 0.1) is 6.92 Å². The molecule has 0 bridgehead atoms. The number of esters is 1. The fourth-order valence-electron chi connectivity index (χ4n) is 2.03. The first kappa shape index (κ1) is 14.1. The second-order valence-corrected chi connectivity index (χ2v) is 4.28. The average molecular weight is 276 g/mol. The number of para-hydroxylation sites is 1. The van der Waals surface area contributed by atoms with Crippen LogP contribution in [0.25, 0.3) is 5.69 Å². The van der Waals surface area contributed by atoms with E-state index in [-0.39, 0.29) is 12.3 Å². The molecule has 2 aromatic rings. The number of hydrogen-bond donors (Lipinski definition) is 2. The van der Waals surface area contributed by atoms with Crippen molar-refractivity contribution in [1.82, 2.24) is 9.55 Å². The van der Waals surface area contributed by atoms with Gasteiger partial charge in [0.2, 0.25) is 0 Å². The Kier molecular flexibility index (Phi) is 4.05. The fourth-order valence-corrected chi connectivity index (χ4v) is 2.03. The summed E-state index contributed by atoms with van der Waals surface area (Å²) in [6.07, 6.45) is 0.142. The monoisotopic (exact) mass is 276 g/mol. The van der Waals surface area contributed by atoms with Crippen LogP contribution in [-0.2, 0) is 9.53 Å². The van der Waals surface area contributed by atoms with Gasteiger partial charge in [0.05, 0.1) is 12.3 Å². The molecular formula is C14H16N2O4. The molecule has 6 nitrogen and oxygen atoms in total. The Bertz CT molecular complexity index is 672. The third kappa shape index (κ3) is 2.50. The van der Waals surface area contributed by atoms with E-state index in [1.807, 2.05) is 0 Å². The molecule has 1 heterocycles. The molecule has 0 fully saturated rings. The minimum Gasteiger partial charge on any atom is -0.464 e. The van der Waals surface area contributed by atoms with Crippen molar-refractivity contribution in [2.75, 3.05) is 6.61 Å². The normalized spacial score (nSPS) is 12.2. The van der Waals surface area contributed by atoms with Gasteiger partial charge >= 0.3 is 11.7 Å². The van der Waals surface area contributed by atoms with Gasteiger partial charge in [-0.05, 0) is 19.9 Å². The van der Waals surface area contributed by atoms with Crippen LogP contribution in [0.15, 0.2) is 35.3 Å². The average Bonchev–Trinajstić information content (AvgIpc) is 2.77. The zero-order valence-corrected chi connectivity index (χ0v) is 11.3. The Morgan fingerprint density at radius 1 is 1.45 bits per heavy atom. The molecule has 0 saturated carbocycles. The Morgan fingerprint density at radius 3 is 2.75 bits per heavy atom. The summed E-state index contributed by atoms with van der Waals surface area (Å²) in [5.74, 6) is -0.735. The van der Waals surface area contributed by atoms with Crippen LogP contribution < -0.4 is 5.69 Å². The molecule has 20 heavy (non-hydrogen) atoms. The molecule has 2 rings (SSSR count). The smallest absolute Gasteiger partial charge is 0.339 e. The first-order valence-electron chi connectivity index (χ1n) is 6.27. The Balaban J connectivity index is 2.52. The van der Waals surface area contributed by atoms with Crippen molar-refractivity contribution in [3.63, 3.8) is 0 Å². The van der Waals surface area contributed by atoms with E-state index in [9.17, 15) is 14.7 Å². The third-order valence-corrected chi connectivity index (χ3v) is 2.94. The summed E-state index contributed by atoms with van der Waals surface area (Å²) in [7, 11) is 0. The minimum atomic E-state index is -1.42. The van der Waals surface area contributed by atoms with Gasteiger partial charge in [0.15, 0.2) is 6.10 Å². The van der Waals surface area contributed by atoms with Gasteiger partial charge in [-0.3, -0.25) is 4.57 Å². The van der Waals surface area contributed by atoms with Crippen LogP contribution in [0.4, 0.5) is 0 Å². The lowest BCUT2D eigenvalue weighted by Gasteiger charge is -2.15.